The lowest BCUT2D eigenvalue weighted by atomic mass is 10.2. The van der Waals surface area contributed by atoms with Gasteiger partial charge in [-0.05, 0) is 6.07 Å². The Labute approximate surface area is 112 Å². The second-order valence-electron chi connectivity index (χ2n) is 4.31. The van der Waals surface area contributed by atoms with E-state index >= 15 is 0 Å². The number of rotatable bonds is 2. The third-order valence-corrected chi connectivity index (χ3v) is 3.07. The molecule has 0 bridgehead atoms. The summed E-state index contributed by atoms with van der Waals surface area (Å²) < 4.78 is 8.31. The van der Waals surface area contributed by atoms with E-state index in [4.69, 9.17) is 4.42 Å². The van der Waals surface area contributed by atoms with Crippen molar-refractivity contribution in [3.8, 4) is 16.8 Å². The zero-order chi connectivity index (χ0) is 13.5. The smallest absolute Gasteiger partial charge is 0.251 e. The van der Waals surface area contributed by atoms with Gasteiger partial charge in [-0.2, -0.15) is 10.2 Å². The van der Waals surface area contributed by atoms with Crippen LogP contribution in [-0.2, 0) is 0 Å². The normalized spacial score (nSPS) is 11.2. The number of hydrogen-bond donors (Lipinski definition) is 1. The van der Waals surface area contributed by atoms with Crippen LogP contribution >= 0.6 is 0 Å². The SMILES string of the molecule is O=c1ccn2ncc(-n3cc(-c4ccoc4)cn3)c2[nH]1. The van der Waals surface area contributed by atoms with Gasteiger partial charge < -0.3 is 9.40 Å². The maximum absolute atomic E-state index is 11.4. The fraction of sp³-hybridized carbons (Fsp3) is 0. The molecule has 0 aliphatic carbocycles. The molecule has 0 saturated heterocycles. The maximum atomic E-state index is 11.4. The third kappa shape index (κ3) is 1.57. The second-order valence-corrected chi connectivity index (χ2v) is 4.31. The van der Waals surface area contributed by atoms with Crippen molar-refractivity contribution >= 4 is 5.65 Å². The van der Waals surface area contributed by atoms with Crippen LogP contribution in [-0.4, -0.2) is 24.4 Å². The predicted molar refractivity (Wildman–Crippen MR) is 70.6 cm³/mol. The van der Waals surface area contributed by atoms with Crippen LogP contribution in [0.25, 0.3) is 22.5 Å². The van der Waals surface area contributed by atoms with E-state index in [9.17, 15) is 4.79 Å². The van der Waals surface area contributed by atoms with Gasteiger partial charge in [-0.15, -0.1) is 0 Å². The lowest BCUT2D eigenvalue weighted by molar-refractivity contribution is 0.568. The molecule has 4 aromatic heterocycles. The van der Waals surface area contributed by atoms with Crippen LogP contribution in [0, 0.1) is 0 Å². The number of furan rings is 1. The maximum Gasteiger partial charge on any atom is 0.251 e. The largest absolute Gasteiger partial charge is 0.472 e. The van der Waals surface area contributed by atoms with Crippen LogP contribution in [0.2, 0.25) is 0 Å². The number of fused-ring (bicyclic) bond motifs is 1. The molecule has 7 heteroatoms. The standard InChI is InChI=1S/C13H9N5O2/c19-12-1-3-17-13(16-12)11(6-15-17)18-7-10(5-14-18)9-2-4-20-8-9/h1-8H,(H,16,19). The monoisotopic (exact) mass is 267 g/mol. The molecule has 0 fully saturated rings. The lowest BCUT2D eigenvalue weighted by Gasteiger charge is -1.97. The first-order valence-corrected chi connectivity index (χ1v) is 5.95. The topological polar surface area (TPSA) is 81.1 Å². The summed E-state index contributed by atoms with van der Waals surface area (Å²) in [5, 5.41) is 8.47. The van der Waals surface area contributed by atoms with Crippen molar-refractivity contribution in [1.82, 2.24) is 24.4 Å². The van der Waals surface area contributed by atoms with Gasteiger partial charge in [0.1, 0.15) is 5.69 Å². The summed E-state index contributed by atoms with van der Waals surface area (Å²) in [4.78, 5) is 14.2. The summed E-state index contributed by atoms with van der Waals surface area (Å²) in [6.45, 7) is 0. The summed E-state index contributed by atoms with van der Waals surface area (Å²) in [6, 6.07) is 3.28. The van der Waals surface area contributed by atoms with Crippen LogP contribution in [0.5, 0.6) is 0 Å². The molecule has 0 spiro atoms. The summed E-state index contributed by atoms with van der Waals surface area (Å²) in [6.07, 6.45) is 10.1. The third-order valence-electron chi connectivity index (χ3n) is 3.07. The molecule has 0 aliphatic rings. The van der Waals surface area contributed by atoms with Gasteiger partial charge in [0.2, 0.25) is 0 Å². The van der Waals surface area contributed by atoms with Crippen molar-refractivity contribution in [3.05, 3.63) is 59.8 Å². The average Bonchev–Trinajstić information content (AvgIpc) is 3.17. The molecule has 0 saturated carbocycles. The van der Waals surface area contributed by atoms with E-state index in [0.29, 0.717) is 11.3 Å². The molecule has 4 heterocycles. The first kappa shape index (κ1) is 10.8. The molecule has 4 rings (SSSR count). The molecule has 0 unspecified atom stereocenters. The van der Waals surface area contributed by atoms with E-state index in [-0.39, 0.29) is 5.56 Å². The average molecular weight is 267 g/mol. The molecule has 1 N–H and O–H groups in total. The Morgan fingerprint density at radius 3 is 2.95 bits per heavy atom. The van der Waals surface area contributed by atoms with Crippen molar-refractivity contribution in [2.75, 3.05) is 0 Å². The first-order chi connectivity index (χ1) is 9.81. The highest BCUT2D eigenvalue weighted by atomic mass is 16.3. The molecule has 4 aromatic rings. The molecule has 0 aliphatic heterocycles. The Balaban J connectivity index is 1.87. The van der Waals surface area contributed by atoms with Crippen LogP contribution in [0.3, 0.4) is 0 Å². The highest BCUT2D eigenvalue weighted by molar-refractivity contribution is 5.63. The Morgan fingerprint density at radius 2 is 2.10 bits per heavy atom. The zero-order valence-corrected chi connectivity index (χ0v) is 10.2. The molecule has 98 valence electrons. The fourth-order valence-corrected chi connectivity index (χ4v) is 2.08. The van der Waals surface area contributed by atoms with E-state index in [1.807, 2.05) is 12.3 Å². The fourth-order valence-electron chi connectivity index (χ4n) is 2.08. The summed E-state index contributed by atoms with van der Waals surface area (Å²) >= 11 is 0. The van der Waals surface area contributed by atoms with Gasteiger partial charge in [-0.25, -0.2) is 9.20 Å². The summed E-state index contributed by atoms with van der Waals surface area (Å²) in [5.74, 6) is 0. The molecule has 7 nitrogen and oxygen atoms in total. The molecule has 20 heavy (non-hydrogen) atoms. The summed E-state index contributed by atoms with van der Waals surface area (Å²) in [7, 11) is 0. The van der Waals surface area contributed by atoms with Crippen molar-refractivity contribution in [2.24, 2.45) is 0 Å². The van der Waals surface area contributed by atoms with Crippen LogP contribution in [0.4, 0.5) is 0 Å². The van der Waals surface area contributed by atoms with Gasteiger partial charge in [0.15, 0.2) is 5.65 Å². The van der Waals surface area contributed by atoms with E-state index < -0.39 is 0 Å². The number of nitrogens with one attached hydrogen (secondary N) is 1. The molecule has 0 atom stereocenters. The molecule has 0 aromatic carbocycles. The Morgan fingerprint density at radius 1 is 1.15 bits per heavy atom. The van der Waals surface area contributed by atoms with Crippen LogP contribution in [0.15, 0.2) is 58.7 Å². The van der Waals surface area contributed by atoms with Gasteiger partial charge in [0.05, 0.1) is 24.9 Å². The Hall–Kier alpha value is -3.09. The van der Waals surface area contributed by atoms with E-state index in [1.165, 1.54) is 6.07 Å². The molecular weight excluding hydrogens is 258 g/mol. The highest BCUT2D eigenvalue weighted by Gasteiger charge is 2.10. The molecule has 0 amide bonds. The lowest BCUT2D eigenvalue weighted by Crippen LogP contribution is -2.07. The Kier molecular flexibility index (Phi) is 2.13. The number of H-pyrrole nitrogens is 1. The minimum Gasteiger partial charge on any atom is -0.472 e. The zero-order valence-electron chi connectivity index (χ0n) is 10.2. The van der Waals surface area contributed by atoms with Gasteiger partial charge >= 0.3 is 0 Å². The van der Waals surface area contributed by atoms with Crippen molar-refractivity contribution in [2.45, 2.75) is 0 Å². The van der Waals surface area contributed by atoms with Crippen molar-refractivity contribution < 1.29 is 4.42 Å². The van der Waals surface area contributed by atoms with E-state index in [0.717, 1.165) is 11.1 Å². The first-order valence-electron chi connectivity index (χ1n) is 5.95. The molecular formula is C13H9N5O2. The second kappa shape index (κ2) is 3.95. The number of nitrogens with zero attached hydrogens (tertiary/aromatic N) is 4. The highest BCUT2D eigenvalue weighted by Crippen LogP contribution is 2.21. The van der Waals surface area contributed by atoms with Gasteiger partial charge in [0, 0.05) is 29.6 Å². The minimum absolute atomic E-state index is 0.179. The number of hydrogen-bond acceptors (Lipinski definition) is 4. The Bertz CT molecular complexity index is 929. The quantitative estimate of drug-likeness (QED) is 0.596. The van der Waals surface area contributed by atoms with Crippen LogP contribution < -0.4 is 5.56 Å². The van der Waals surface area contributed by atoms with Gasteiger partial charge in [-0.3, -0.25) is 4.79 Å². The minimum atomic E-state index is -0.179. The van der Waals surface area contributed by atoms with E-state index in [1.54, 1.807) is 40.3 Å². The van der Waals surface area contributed by atoms with Gasteiger partial charge in [-0.1, -0.05) is 0 Å². The van der Waals surface area contributed by atoms with Crippen LogP contribution in [0.1, 0.15) is 0 Å². The van der Waals surface area contributed by atoms with Crippen molar-refractivity contribution in [3.63, 3.8) is 0 Å². The number of aromatic amines is 1. The molecule has 0 radical (unpaired) electrons. The van der Waals surface area contributed by atoms with E-state index in [2.05, 4.69) is 15.2 Å². The van der Waals surface area contributed by atoms with Crippen molar-refractivity contribution in [1.29, 1.82) is 0 Å². The summed E-state index contributed by atoms with van der Waals surface area (Å²) in [5.41, 5.74) is 3.00. The van der Waals surface area contributed by atoms with Gasteiger partial charge in [0.25, 0.3) is 5.56 Å². The predicted octanol–water partition coefficient (Wildman–Crippen LogP) is 1.47. The number of aromatic nitrogens is 5.